The predicted molar refractivity (Wildman–Crippen MR) is 107 cm³/mol. The van der Waals surface area contributed by atoms with Crippen LogP contribution in [0.3, 0.4) is 0 Å². The highest BCUT2D eigenvalue weighted by Gasteiger charge is 2.21. The van der Waals surface area contributed by atoms with Gasteiger partial charge in [0.1, 0.15) is 22.3 Å². The number of urea groups is 1. The van der Waals surface area contributed by atoms with Gasteiger partial charge in [-0.3, -0.25) is 4.90 Å². The maximum absolute atomic E-state index is 13.2. The molecule has 2 aromatic rings. The minimum Gasteiger partial charge on any atom is -0.456 e. The van der Waals surface area contributed by atoms with E-state index in [-0.39, 0.29) is 6.03 Å². The van der Waals surface area contributed by atoms with E-state index in [9.17, 15) is 9.18 Å². The molecule has 1 aliphatic rings. The van der Waals surface area contributed by atoms with Crippen LogP contribution in [-0.2, 0) is 0 Å². The standard InChI is InChI=1S/C18H15FN2O2S.C2H6/c1-4-12-8-16-15(23-11(12)2)10-17(24-16)21(3)18(22)20-14-7-5-6-13(19)9-14;1-2/h4-10H,1-2H2,3H3,(H,20,22);1-2H3. The first-order valence-electron chi connectivity index (χ1n) is 8.13. The summed E-state index contributed by atoms with van der Waals surface area (Å²) >= 11 is 1.41. The van der Waals surface area contributed by atoms with Crippen molar-refractivity contribution < 1.29 is 13.9 Å². The van der Waals surface area contributed by atoms with E-state index in [2.05, 4.69) is 18.5 Å². The van der Waals surface area contributed by atoms with E-state index in [4.69, 9.17) is 4.74 Å². The molecule has 4 nitrogen and oxygen atoms in total. The molecule has 0 aliphatic carbocycles. The number of ether oxygens (including phenoxy) is 1. The summed E-state index contributed by atoms with van der Waals surface area (Å²) in [5.74, 6) is 0.765. The molecule has 2 amide bonds. The highest BCUT2D eigenvalue weighted by molar-refractivity contribution is 7.17. The van der Waals surface area contributed by atoms with Crippen molar-refractivity contribution in [2.45, 2.75) is 13.8 Å². The fraction of sp³-hybridized carbons (Fsp3) is 0.150. The number of halogens is 1. The number of rotatable bonds is 3. The van der Waals surface area contributed by atoms with Crippen LogP contribution in [0.5, 0.6) is 5.75 Å². The zero-order chi connectivity index (χ0) is 19.3. The third kappa shape index (κ3) is 4.21. The van der Waals surface area contributed by atoms with Gasteiger partial charge in [0, 0.05) is 24.4 Å². The second-order valence-electron chi connectivity index (χ2n) is 5.14. The van der Waals surface area contributed by atoms with E-state index in [1.54, 1.807) is 25.3 Å². The Labute approximate surface area is 156 Å². The number of allylic oxidation sites excluding steroid dienone is 1. The van der Waals surface area contributed by atoms with E-state index < -0.39 is 5.82 Å². The summed E-state index contributed by atoms with van der Waals surface area (Å²) in [7, 11) is 1.64. The molecule has 26 heavy (non-hydrogen) atoms. The van der Waals surface area contributed by atoms with Crippen molar-refractivity contribution in [2.24, 2.45) is 0 Å². The van der Waals surface area contributed by atoms with Crippen molar-refractivity contribution in [3.05, 3.63) is 71.6 Å². The third-order valence-corrected chi connectivity index (χ3v) is 4.62. The molecule has 6 heteroatoms. The number of carbonyl (C=O) groups is 1. The van der Waals surface area contributed by atoms with Crippen LogP contribution in [0, 0.1) is 5.82 Å². The van der Waals surface area contributed by atoms with E-state index >= 15 is 0 Å². The molecule has 0 atom stereocenters. The summed E-state index contributed by atoms with van der Waals surface area (Å²) < 4.78 is 18.8. The van der Waals surface area contributed by atoms with E-state index in [0.29, 0.717) is 22.2 Å². The van der Waals surface area contributed by atoms with Gasteiger partial charge in [0.25, 0.3) is 0 Å². The lowest BCUT2D eigenvalue weighted by Crippen LogP contribution is -2.30. The molecule has 2 heterocycles. The Hall–Kier alpha value is -2.86. The number of nitrogens with one attached hydrogen (secondary N) is 1. The van der Waals surface area contributed by atoms with Crippen LogP contribution in [0.25, 0.3) is 6.08 Å². The number of thiophene rings is 1. The fourth-order valence-corrected chi connectivity index (χ4v) is 3.18. The van der Waals surface area contributed by atoms with Gasteiger partial charge < -0.3 is 10.1 Å². The molecule has 1 aromatic heterocycles. The summed E-state index contributed by atoms with van der Waals surface area (Å²) in [4.78, 5) is 14.7. The monoisotopic (exact) mass is 372 g/mol. The van der Waals surface area contributed by atoms with Gasteiger partial charge in [-0.1, -0.05) is 39.1 Å². The number of fused-ring (bicyclic) bond motifs is 1. The predicted octanol–water partition coefficient (Wildman–Crippen LogP) is 6.06. The van der Waals surface area contributed by atoms with Crippen molar-refractivity contribution in [1.82, 2.24) is 0 Å². The van der Waals surface area contributed by atoms with Crippen molar-refractivity contribution in [2.75, 3.05) is 17.3 Å². The summed E-state index contributed by atoms with van der Waals surface area (Å²) in [5.41, 5.74) is 1.20. The average molecular weight is 372 g/mol. The van der Waals surface area contributed by atoms with Crippen molar-refractivity contribution in [3.63, 3.8) is 0 Å². The van der Waals surface area contributed by atoms with Crippen LogP contribution in [0.15, 0.2) is 60.9 Å². The lowest BCUT2D eigenvalue weighted by molar-refractivity contribution is 0.258. The van der Waals surface area contributed by atoms with Crippen molar-refractivity contribution in [3.8, 4) is 5.75 Å². The Balaban J connectivity index is 0.00000117. The molecule has 0 unspecified atom stereocenters. The lowest BCUT2D eigenvalue weighted by atomic mass is 10.1. The Bertz CT molecular complexity index is 870. The first kappa shape index (κ1) is 19.5. The van der Waals surface area contributed by atoms with Gasteiger partial charge in [-0.2, -0.15) is 0 Å². The van der Waals surface area contributed by atoms with Gasteiger partial charge in [-0.25, -0.2) is 9.18 Å². The number of benzene rings is 1. The quantitative estimate of drug-likeness (QED) is 0.712. The number of carbonyl (C=O) groups excluding carboxylic acids is 1. The number of hydrogen-bond donors (Lipinski definition) is 1. The Morgan fingerprint density at radius 1 is 1.35 bits per heavy atom. The van der Waals surface area contributed by atoms with E-state index in [1.165, 1.54) is 34.4 Å². The smallest absolute Gasteiger partial charge is 0.326 e. The number of anilines is 2. The zero-order valence-electron chi connectivity index (χ0n) is 15.0. The lowest BCUT2D eigenvalue weighted by Gasteiger charge is -2.15. The molecule has 0 saturated carbocycles. The molecule has 0 spiro atoms. The fourth-order valence-electron chi connectivity index (χ4n) is 2.18. The third-order valence-electron chi connectivity index (χ3n) is 3.48. The summed E-state index contributed by atoms with van der Waals surface area (Å²) in [6.07, 6.45) is 3.59. The summed E-state index contributed by atoms with van der Waals surface area (Å²) in [5, 5.41) is 3.35. The Kier molecular flexibility index (Phi) is 6.36. The Morgan fingerprint density at radius 2 is 2.08 bits per heavy atom. The molecular weight excluding hydrogens is 351 g/mol. The van der Waals surface area contributed by atoms with Crippen LogP contribution in [0.2, 0.25) is 0 Å². The Morgan fingerprint density at radius 3 is 2.73 bits per heavy atom. The van der Waals surface area contributed by atoms with Gasteiger partial charge in [-0.05, 0) is 24.3 Å². The maximum Gasteiger partial charge on any atom is 0.326 e. The van der Waals surface area contributed by atoms with Gasteiger partial charge in [0.2, 0.25) is 0 Å². The second-order valence-corrected chi connectivity index (χ2v) is 6.20. The summed E-state index contributed by atoms with van der Waals surface area (Å²) in [6, 6.07) is 7.15. The zero-order valence-corrected chi connectivity index (χ0v) is 15.8. The largest absolute Gasteiger partial charge is 0.456 e. The highest BCUT2D eigenvalue weighted by Crippen LogP contribution is 2.41. The number of hydrogen-bond acceptors (Lipinski definition) is 3. The molecule has 136 valence electrons. The van der Waals surface area contributed by atoms with Crippen molar-refractivity contribution in [1.29, 1.82) is 0 Å². The van der Waals surface area contributed by atoms with Crippen LogP contribution < -0.4 is 15.0 Å². The van der Waals surface area contributed by atoms with E-state index in [1.807, 2.05) is 19.9 Å². The first-order chi connectivity index (χ1) is 12.5. The molecule has 0 saturated heterocycles. The maximum atomic E-state index is 13.2. The van der Waals surface area contributed by atoms with E-state index in [0.717, 1.165) is 10.5 Å². The summed E-state index contributed by atoms with van der Waals surface area (Å²) in [6.45, 7) is 11.6. The van der Waals surface area contributed by atoms with Gasteiger partial charge in [0.05, 0.1) is 4.88 Å². The minimum absolute atomic E-state index is 0.369. The number of amides is 2. The van der Waals surface area contributed by atoms with Crippen LogP contribution in [0.1, 0.15) is 18.7 Å². The first-order valence-corrected chi connectivity index (χ1v) is 8.95. The van der Waals surface area contributed by atoms with Crippen LogP contribution in [-0.4, -0.2) is 13.1 Å². The molecule has 1 aliphatic heterocycles. The molecule has 0 fully saturated rings. The van der Waals surface area contributed by atoms with Gasteiger partial charge in [-0.15, -0.1) is 11.3 Å². The topological polar surface area (TPSA) is 41.6 Å². The SMILES string of the molecule is C=CC1=Cc2sc(N(C)C(=O)Nc3cccc(F)c3)cc2OC1=C.CC. The highest BCUT2D eigenvalue weighted by atomic mass is 32.1. The normalized spacial score (nSPS) is 12.0. The molecule has 0 bridgehead atoms. The average Bonchev–Trinajstić information content (AvgIpc) is 3.04. The molecule has 0 radical (unpaired) electrons. The van der Waals surface area contributed by atoms with Gasteiger partial charge in [0.15, 0.2) is 0 Å². The van der Waals surface area contributed by atoms with Crippen molar-refractivity contribution >= 4 is 34.1 Å². The van der Waals surface area contributed by atoms with Gasteiger partial charge >= 0.3 is 6.03 Å². The molecule has 1 aromatic carbocycles. The molecular formula is C20H21FN2O2S. The molecule has 3 rings (SSSR count). The second kappa shape index (κ2) is 8.49. The number of nitrogens with zero attached hydrogens (tertiary/aromatic N) is 1. The van der Waals surface area contributed by atoms with Crippen LogP contribution in [0.4, 0.5) is 19.9 Å². The molecule has 1 N–H and O–H groups in total. The minimum atomic E-state index is -0.406. The van der Waals surface area contributed by atoms with Crippen LogP contribution >= 0.6 is 11.3 Å².